The van der Waals surface area contributed by atoms with Crippen molar-refractivity contribution in [2.45, 2.75) is 0 Å². The summed E-state index contributed by atoms with van der Waals surface area (Å²) in [5, 5.41) is 6.97. The number of hydrogen-bond acceptors (Lipinski definition) is 3. The molecule has 0 bridgehead atoms. The maximum Gasteiger partial charge on any atom is 0.226 e. The summed E-state index contributed by atoms with van der Waals surface area (Å²) in [5.41, 5.74) is 6.56. The van der Waals surface area contributed by atoms with Crippen molar-refractivity contribution in [3.05, 3.63) is 151 Å². The zero-order valence-electron chi connectivity index (χ0n) is 23.1. The first-order chi connectivity index (χ1) is 21.2. The molecule has 7 aromatic carbocycles. The number of benzene rings is 7. The predicted molar refractivity (Wildman–Crippen MR) is 179 cm³/mol. The molecule has 0 fully saturated rings. The van der Waals surface area contributed by atoms with Crippen LogP contribution in [0.5, 0.6) is 0 Å². The first-order valence-corrected chi connectivity index (χ1v) is 14.6. The Morgan fingerprint density at radius 2 is 0.953 bits per heavy atom. The van der Waals surface area contributed by atoms with E-state index in [4.69, 9.17) is 16.6 Å². The van der Waals surface area contributed by atoms with Crippen molar-refractivity contribution in [3.63, 3.8) is 0 Å². The van der Waals surface area contributed by atoms with E-state index in [1.165, 1.54) is 22.1 Å². The third kappa shape index (κ3) is 4.61. The summed E-state index contributed by atoms with van der Waals surface area (Å²) in [6, 6.07) is 50.8. The highest BCUT2D eigenvalue weighted by Crippen LogP contribution is 2.36. The molecule has 8 aromatic rings. The Labute approximate surface area is 254 Å². The highest BCUT2D eigenvalue weighted by Gasteiger charge is 2.15. The molecule has 8 rings (SSSR count). The van der Waals surface area contributed by atoms with Crippen LogP contribution in [0.25, 0.3) is 77.3 Å². The van der Waals surface area contributed by atoms with Gasteiger partial charge in [0.1, 0.15) is 0 Å². The first kappa shape index (κ1) is 25.3. The van der Waals surface area contributed by atoms with E-state index in [0.29, 0.717) is 11.6 Å². The topological polar surface area (TPSA) is 38.7 Å². The van der Waals surface area contributed by atoms with Gasteiger partial charge in [0.15, 0.2) is 11.6 Å². The fraction of sp³-hybridized carbons (Fsp3) is 0. The zero-order valence-corrected chi connectivity index (χ0v) is 23.8. The van der Waals surface area contributed by atoms with Crippen molar-refractivity contribution in [3.8, 4) is 45.0 Å². The lowest BCUT2D eigenvalue weighted by Crippen LogP contribution is -1.98. The zero-order chi connectivity index (χ0) is 28.8. The summed E-state index contributed by atoms with van der Waals surface area (Å²) < 4.78 is 0. The van der Waals surface area contributed by atoms with Gasteiger partial charge in [0, 0.05) is 11.1 Å². The largest absolute Gasteiger partial charge is 0.226 e. The minimum Gasteiger partial charge on any atom is -0.208 e. The Hall–Kier alpha value is -5.38. The second-order valence-electron chi connectivity index (χ2n) is 10.6. The van der Waals surface area contributed by atoms with E-state index in [1.54, 1.807) is 0 Å². The monoisotopic (exact) mass is 569 g/mol. The number of nitrogens with zero attached hydrogens (tertiary/aromatic N) is 3. The van der Waals surface area contributed by atoms with Gasteiger partial charge in [-0.05, 0) is 84.4 Å². The molecule has 202 valence electrons. The number of hydrogen-bond donors (Lipinski definition) is 0. The van der Waals surface area contributed by atoms with Gasteiger partial charge in [0.25, 0.3) is 0 Å². The molecule has 3 nitrogen and oxygen atoms in total. The Balaban J connectivity index is 1.25. The summed E-state index contributed by atoms with van der Waals surface area (Å²) >= 11 is 6.56. The third-order valence-corrected chi connectivity index (χ3v) is 8.21. The molecule has 0 atom stereocenters. The Kier molecular flexibility index (Phi) is 6.17. The summed E-state index contributed by atoms with van der Waals surface area (Å²) in [4.78, 5) is 14.1. The van der Waals surface area contributed by atoms with Gasteiger partial charge in [-0.25, -0.2) is 4.98 Å². The van der Waals surface area contributed by atoms with Crippen LogP contribution in [0.1, 0.15) is 0 Å². The Bertz CT molecular complexity index is 2310. The molecule has 0 radical (unpaired) electrons. The van der Waals surface area contributed by atoms with Crippen LogP contribution in [-0.4, -0.2) is 15.0 Å². The smallest absolute Gasteiger partial charge is 0.208 e. The van der Waals surface area contributed by atoms with Crippen LogP contribution in [0.3, 0.4) is 0 Å². The molecule has 0 aliphatic carbocycles. The quantitative estimate of drug-likeness (QED) is 0.198. The summed E-state index contributed by atoms with van der Waals surface area (Å²) in [5.74, 6) is 1.10. The summed E-state index contributed by atoms with van der Waals surface area (Å²) in [7, 11) is 0. The molecule has 0 aliphatic heterocycles. The van der Waals surface area contributed by atoms with Crippen LogP contribution in [0, 0.1) is 0 Å². The van der Waals surface area contributed by atoms with Gasteiger partial charge >= 0.3 is 0 Å². The molecule has 1 aromatic heterocycles. The van der Waals surface area contributed by atoms with Crippen molar-refractivity contribution in [1.82, 2.24) is 15.0 Å². The van der Waals surface area contributed by atoms with E-state index in [1.807, 2.05) is 24.3 Å². The van der Waals surface area contributed by atoms with Gasteiger partial charge in [0.05, 0.1) is 0 Å². The second-order valence-corrected chi connectivity index (χ2v) is 11.0. The van der Waals surface area contributed by atoms with Gasteiger partial charge in [-0.3, -0.25) is 0 Å². The SMILES string of the molecule is Clc1nc(-c2ccc3ccc(-c4ccccc4-c4ccccc4)cc3c2)nc(-c2cc3ccccc3c3ccccc23)n1. The summed E-state index contributed by atoms with van der Waals surface area (Å²) in [6.07, 6.45) is 0. The van der Waals surface area contributed by atoms with Crippen LogP contribution >= 0.6 is 11.6 Å². The molecule has 0 saturated carbocycles. The molecule has 0 aliphatic rings. The van der Waals surface area contributed by atoms with Gasteiger partial charge in [-0.1, -0.05) is 127 Å². The first-order valence-electron chi connectivity index (χ1n) is 14.2. The Morgan fingerprint density at radius 1 is 0.349 bits per heavy atom. The molecule has 4 heteroatoms. The lowest BCUT2D eigenvalue weighted by Gasteiger charge is -2.12. The average Bonchev–Trinajstić information content (AvgIpc) is 3.07. The number of aromatic nitrogens is 3. The van der Waals surface area contributed by atoms with E-state index < -0.39 is 0 Å². The normalized spacial score (nSPS) is 11.4. The fourth-order valence-electron chi connectivity index (χ4n) is 6.00. The molecule has 0 unspecified atom stereocenters. The lowest BCUT2D eigenvalue weighted by molar-refractivity contribution is 1.07. The molecule has 1 heterocycles. The second kappa shape index (κ2) is 10.5. The van der Waals surface area contributed by atoms with E-state index >= 15 is 0 Å². The molecule has 0 N–H and O–H groups in total. The standard InChI is InChI=1S/C39H24ClN3/c40-39-42-37(41-38(43-39)36-24-27-12-4-5-15-33(27)34-16-8-9-17-35(34)36)29-21-19-25-18-20-28(22-30(25)23-29)32-14-7-6-13-31(32)26-10-2-1-3-11-26/h1-24H. The third-order valence-electron chi connectivity index (χ3n) is 8.04. The van der Waals surface area contributed by atoms with Gasteiger partial charge in [-0.2, -0.15) is 9.97 Å². The predicted octanol–water partition coefficient (Wildman–Crippen LogP) is 10.7. The highest BCUT2D eigenvalue weighted by atomic mass is 35.5. The van der Waals surface area contributed by atoms with Crippen molar-refractivity contribution in [2.24, 2.45) is 0 Å². The van der Waals surface area contributed by atoms with Crippen LogP contribution in [0.15, 0.2) is 146 Å². The van der Waals surface area contributed by atoms with Crippen LogP contribution < -0.4 is 0 Å². The van der Waals surface area contributed by atoms with Gasteiger partial charge < -0.3 is 0 Å². The fourth-order valence-corrected chi connectivity index (χ4v) is 6.16. The van der Waals surface area contributed by atoms with E-state index in [9.17, 15) is 0 Å². The number of fused-ring (bicyclic) bond motifs is 4. The molecule has 43 heavy (non-hydrogen) atoms. The minimum atomic E-state index is 0.169. The molecule has 0 spiro atoms. The lowest BCUT2D eigenvalue weighted by atomic mass is 9.93. The highest BCUT2D eigenvalue weighted by molar-refractivity contribution is 6.28. The maximum atomic E-state index is 6.56. The van der Waals surface area contributed by atoms with Gasteiger partial charge in [0.2, 0.25) is 5.28 Å². The molecule has 0 saturated heterocycles. The molecule has 0 amide bonds. The maximum absolute atomic E-state index is 6.56. The average molecular weight is 570 g/mol. The van der Waals surface area contributed by atoms with E-state index in [-0.39, 0.29) is 5.28 Å². The number of halogens is 1. The molecular formula is C39H24ClN3. The van der Waals surface area contributed by atoms with E-state index in [2.05, 4.69) is 131 Å². The van der Waals surface area contributed by atoms with Crippen LogP contribution in [0.4, 0.5) is 0 Å². The minimum absolute atomic E-state index is 0.169. The van der Waals surface area contributed by atoms with Crippen LogP contribution in [0.2, 0.25) is 5.28 Å². The molecular weight excluding hydrogens is 546 g/mol. The van der Waals surface area contributed by atoms with Crippen molar-refractivity contribution < 1.29 is 0 Å². The van der Waals surface area contributed by atoms with Gasteiger partial charge in [-0.15, -0.1) is 0 Å². The van der Waals surface area contributed by atoms with Crippen molar-refractivity contribution in [1.29, 1.82) is 0 Å². The van der Waals surface area contributed by atoms with E-state index in [0.717, 1.165) is 43.6 Å². The van der Waals surface area contributed by atoms with Crippen LogP contribution in [-0.2, 0) is 0 Å². The summed E-state index contributed by atoms with van der Waals surface area (Å²) in [6.45, 7) is 0. The Morgan fingerprint density at radius 3 is 1.77 bits per heavy atom. The number of rotatable bonds is 4. The van der Waals surface area contributed by atoms with Crippen molar-refractivity contribution >= 4 is 43.9 Å². The van der Waals surface area contributed by atoms with Crippen molar-refractivity contribution in [2.75, 3.05) is 0 Å².